The smallest absolute Gasteiger partial charge is 0.329 e. The van der Waals surface area contributed by atoms with Crippen LogP contribution in [0.2, 0.25) is 4.34 Å². The van der Waals surface area contributed by atoms with Crippen LogP contribution in [0.5, 0.6) is 0 Å². The van der Waals surface area contributed by atoms with Crippen LogP contribution < -0.4 is 15.8 Å². The Balaban J connectivity index is 1.74. The summed E-state index contributed by atoms with van der Waals surface area (Å²) < 4.78 is 107. The Morgan fingerprint density at radius 3 is 2.33 bits per heavy atom. The number of benzene rings is 1. The Labute approximate surface area is 224 Å². The predicted octanol–water partition coefficient (Wildman–Crippen LogP) is 4.64. The van der Waals surface area contributed by atoms with Crippen molar-refractivity contribution in [3.63, 3.8) is 0 Å². The van der Waals surface area contributed by atoms with Crippen molar-refractivity contribution in [1.82, 2.24) is 19.3 Å². The van der Waals surface area contributed by atoms with Gasteiger partial charge >= 0.3 is 12.4 Å². The SMILES string of the molecule is NCCNS(=O)(=O)c1cc(NC(=O)c2cnn3c(C(F)(F)F)cc(-c4ccc(C(F)(F)F)cc4)nc23)c(Cl)s1. The number of carbonyl (C=O) groups excluding carboxylic acids is 1. The highest BCUT2D eigenvalue weighted by atomic mass is 35.5. The van der Waals surface area contributed by atoms with Crippen molar-refractivity contribution in [1.29, 1.82) is 0 Å². The number of hydrogen-bond acceptors (Lipinski definition) is 7. The first-order valence-electron chi connectivity index (χ1n) is 10.6. The van der Waals surface area contributed by atoms with E-state index in [1.54, 1.807) is 0 Å². The number of thiophene rings is 1. The van der Waals surface area contributed by atoms with Gasteiger partial charge in [0.15, 0.2) is 11.3 Å². The number of nitrogens with zero attached hydrogens (tertiary/aromatic N) is 3. The fourth-order valence-electron chi connectivity index (χ4n) is 3.32. The number of hydrogen-bond donors (Lipinski definition) is 3. The van der Waals surface area contributed by atoms with Crippen LogP contribution in [0.3, 0.4) is 0 Å². The fourth-order valence-corrected chi connectivity index (χ4v) is 6.05. The number of carbonyl (C=O) groups is 1. The van der Waals surface area contributed by atoms with Crippen LogP contribution in [-0.4, -0.2) is 42.0 Å². The lowest BCUT2D eigenvalue weighted by molar-refractivity contribution is -0.142. The molecular weight excluding hydrogens is 598 g/mol. The van der Waals surface area contributed by atoms with Crippen LogP contribution in [0, 0.1) is 0 Å². The molecule has 1 aromatic carbocycles. The Bertz CT molecular complexity index is 1650. The van der Waals surface area contributed by atoms with Crippen LogP contribution in [0.4, 0.5) is 32.0 Å². The van der Waals surface area contributed by atoms with Gasteiger partial charge in [0.05, 0.1) is 23.1 Å². The zero-order valence-corrected chi connectivity index (χ0v) is 21.5. The summed E-state index contributed by atoms with van der Waals surface area (Å²) in [6, 6.07) is 4.91. The van der Waals surface area contributed by atoms with Gasteiger partial charge in [0.25, 0.3) is 5.91 Å². The molecule has 0 aliphatic heterocycles. The molecule has 0 radical (unpaired) electrons. The first-order valence-corrected chi connectivity index (χ1v) is 13.2. The van der Waals surface area contributed by atoms with Gasteiger partial charge in [0, 0.05) is 18.7 Å². The topological polar surface area (TPSA) is 131 Å². The van der Waals surface area contributed by atoms with Crippen molar-refractivity contribution in [2.75, 3.05) is 18.4 Å². The number of halogens is 7. The molecule has 39 heavy (non-hydrogen) atoms. The molecule has 18 heteroatoms. The van der Waals surface area contributed by atoms with E-state index in [-0.39, 0.29) is 38.6 Å². The third-order valence-corrected chi connectivity index (χ3v) is 8.42. The summed E-state index contributed by atoms with van der Waals surface area (Å²) in [6.45, 7) is -0.0333. The zero-order valence-electron chi connectivity index (χ0n) is 19.1. The predicted molar refractivity (Wildman–Crippen MR) is 130 cm³/mol. The van der Waals surface area contributed by atoms with Crippen molar-refractivity contribution in [2.45, 2.75) is 16.6 Å². The molecule has 9 nitrogen and oxygen atoms in total. The molecular formula is C21H15ClF6N6O3S2. The highest BCUT2D eigenvalue weighted by molar-refractivity contribution is 7.91. The Morgan fingerprint density at radius 2 is 1.74 bits per heavy atom. The summed E-state index contributed by atoms with van der Waals surface area (Å²) in [5.41, 5.74) is 1.34. The number of aromatic nitrogens is 3. The van der Waals surface area contributed by atoms with E-state index in [9.17, 15) is 39.6 Å². The van der Waals surface area contributed by atoms with Crippen molar-refractivity contribution < 1.29 is 39.6 Å². The van der Waals surface area contributed by atoms with Crippen molar-refractivity contribution in [3.05, 3.63) is 63.8 Å². The number of sulfonamides is 1. The first kappa shape index (κ1) is 28.8. The summed E-state index contributed by atoms with van der Waals surface area (Å²) >= 11 is 6.68. The summed E-state index contributed by atoms with van der Waals surface area (Å²) in [6.07, 6.45) is -8.82. The number of anilines is 1. The number of nitrogens with two attached hydrogens (primary N) is 1. The third-order valence-electron chi connectivity index (χ3n) is 5.13. The van der Waals surface area contributed by atoms with E-state index < -0.39 is 50.8 Å². The van der Waals surface area contributed by atoms with Gasteiger partial charge in [-0.25, -0.2) is 22.6 Å². The summed E-state index contributed by atoms with van der Waals surface area (Å²) in [5.74, 6) is -1.02. The second-order valence-electron chi connectivity index (χ2n) is 7.79. The maximum absolute atomic E-state index is 13.8. The van der Waals surface area contributed by atoms with E-state index in [1.165, 1.54) is 0 Å². The van der Waals surface area contributed by atoms with Gasteiger partial charge in [-0.3, -0.25) is 4.79 Å². The van der Waals surface area contributed by atoms with Crippen molar-refractivity contribution in [3.8, 4) is 11.3 Å². The first-order chi connectivity index (χ1) is 18.1. The molecule has 0 saturated carbocycles. The third kappa shape index (κ3) is 6.01. The normalized spacial score (nSPS) is 12.7. The molecule has 3 aromatic heterocycles. The van der Waals surface area contributed by atoms with Crippen LogP contribution in [0.15, 0.2) is 46.8 Å². The summed E-state index contributed by atoms with van der Waals surface area (Å²) in [5, 5.41) is 5.92. The molecule has 0 bridgehead atoms. The van der Waals surface area contributed by atoms with Gasteiger partial charge in [0.2, 0.25) is 10.0 Å². The Kier molecular flexibility index (Phi) is 7.65. The zero-order chi connectivity index (χ0) is 28.8. The second-order valence-corrected chi connectivity index (χ2v) is 11.4. The van der Waals surface area contributed by atoms with Gasteiger partial charge in [-0.15, -0.1) is 11.3 Å². The fraction of sp³-hybridized carbons (Fsp3) is 0.190. The van der Waals surface area contributed by atoms with E-state index in [4.69, 9.17) is 17.3 Å². The molecule has 0 unspecified atom stereocenters. The molecule has 0 aliphatic rings. The lowest BCUT2D eigenvalue weighted by Crippen LogP contribution is -2.28. The van der Waals surface area contributed by atoms with E-state index in [1.807, 2.05) is 0 Å². The standard InChI is InChI=1S/C21H15ClF6N6O3S2/c22-17-14(8-16(38-17)39(36,37)31-6-5-29)33-19(35)12-9-30-34-15(21(26,27)28)7-13(32-18(12)34)10-1-3-11(4-2-10)20(23,24)25/h1-4,7-9,31H,5-6,29H2,(H,33,35). The van der Waals surface area contributed by atoms with E-state index >= 15 is 0 Å². The average molecular weight is 613 g/mol. The van der Waals surface area contributed by atoms with E-state index in [2.05, 4.69) is 20.1 Å². The molecule has 0 atom stereocenters. The molecule has 208 valence electrons. The maximum atomic E-state index is 13.8. The molecule has 3 heterocycles. The quantitative estimate of drug-likeness (QED) is 0.261. The molecule has 0 saturated heterocycles. The Morgan fingerprint density at radius 1 is 1.08 bits per heavy atom. The average Bonchev–Trinajstić information content (AvgIpc) is 3.45. The number of alkyl halides is 6. The highest BCUT2D eigenvalue weighted by Gasteiger charge is 2.36. The Hall–Kier alpha value is -3.25. The van der Waals surface area contributed by atoms with Gasteiger partial charge in [-0.1, -0.05) is 23.7 Å². The number of fused-ring (bicyclic) bond motifs is 1. The monoisotopic (exact) mass is 612 g/mol. The highest BCUT2D eigenvalue weighted by Crippen LogP contribution is 2.37. The van der Waals surface area contributed by atoms with Gasteiger partial charge < -0.3 is 11.1 Å². The minimum absolute atomic E-state index is 0.0258. The van der Waals surface area contributed by atoms with Crippen molar-refractivity contribution >= 4 is 50.2 Å². The molecule has 1 amide bonds. The molecule has 0 spiro atoms. The molecule has 4 N–H and O–H groups in total. The van der Waals surface area contributed by atoms with Crippen LogP contribution in [0.25, 0.3) is 16.9 Å². The van der Waals surface area contributed by atoms with Crippen molar-refractivity contribution in [2.24, 2.45) is 5.73 Å². The van der Waals surface area contributed by atoms with E-state index in [0.29, 0.717) is 34.1 Å². The van der Waals surface area contributed by atoms with Gasteiger partial charge in [-0.2, -0.15) is 31.4 Å². The lowest BCUT2D eigenvalue weighted by atomic mass is 10.1. The van der Waals surface area contributed by atoms with Crippen LogP contribution in [-0.2, 0) is 22.4 Å². The minimum Gasteiger partial charge on any atom is -0.329 e. The minimum atomic E-state index is -4.97. The van der Waals surface area contributed by atoms with Gasteiger partial charge in [0.1, 0.15) is 14.1 Å². The molecule has 0 aliphatic carbocycles. The van der Waals surface area contributed by atoms with E-state index in [0.717, 1.165) is 24.4 Å². The van der Waals surface area contributed by atoms with Gasteiger partial charge in [-0.05, 0) is 24.3 Å². The molecule has 4 rings (SSSR count). The largest absolute Gasteiger partial charge is 0.433 e. The summed E-state index contributed by atoms with van der Waals surface area (Å²) in [4.78, 5) is 17.0. The summed E-state index contributed by atoms with van der Waals surface area (Å²) in [7, 11) is -3.99. The second kappa shape index (κ2) is 10.4. The maximum Gasteiger partial charge on any atom is 0.433 e. The molecule has 0 fully saturated rings. The number of nitrogens with one attached hydrogen (secondary N) is 2. The molecule has 4 aromatic rings. The number of rotatable bonds is 7. The lowest BCUT2D eigenvalue weighted by Gasteiger charge is -2.12. The number of amides is 1. The van der Waals surface area contributed by atoms with Crippen LogP contribution >= 0.6 is 22.9 Å². The van der Waals surface area contributed by atoms with Crippen LogP contribution in [0.1, 0.15) is 21.6 Å².